The van der Waals surface area contributed by atoms with Crippen LogP contribution < -0.4 is 0 Å². The molecule has 0 aliphatic carbocycles. The maximum Gasteiger partial charge on any atom is 0.389 e. The highest BCUT2D eigenvalue weighted by atomic mass is 16.6. The van der Waals surface area contributed by atoms with Crippen LogP contribution in [0.2, 0.25) is 0 Å². The minimum Gasteiger partial charge on any atom is -0.393 e. The minimum absolute atomic E-state index is 0.0514. The van der Waals surface area contributed by atoms with Crippen LogP contribution >= 0.6 is 0 Å². The number of hydrogen-bond donors (Lipinski definition) is 1. The van der Waals surface area contributed by atoms with E-state index in [0.29, 0.717) is 13.0 Å². The van der Waals surface area contributed by atoms with Gasteiger partial charge in [-0.15, -0.1) is 0 Å². The van der Waals surface area contributed by atoms with E-state index < -0.39 is 11.0 Å². The molecular weight excluding hydrogens is 240 g/mol. The second-order valence-electron chi connectivity index (χ2n) is 4.08. The lowest BCUT2D eigenvalue weighted by Crippen LogP contribution is -2.32. The van der Waals surface area contributed by atoms with E-state index in [9.17, 15) is 14.9 Å². The van der Waals surface area contributed by atoms with Gasteiger partial charge in [-0.3, -0.25) is 4.79 Å². The van der Waals surface area contributed by atoms with E-state index in [2.05, 4.69) is 5.10 Å². The largest absolute Gasteiger partial charge is 0.393 e. The van der Waals surface area contributed by atoms with E-state index in [-0.39, 0.29) is 18.3 Å². The van der Waals surface area contributed by atoms with Crippen molar-refractivity contribution in [2.75, 3.05) is 13.6 Å². The van der Waals surface area contributed by atoms with Gasteiger partial charge < -0.3 is 20.1 Å². The van der Waals surface area contributed by atoms with Crippen molar-refractivity contribution >= 4 is 11.7 Å². The van der Waals surface area contributed by atoms with Crippen molar-refractivity contribution in [1.29, 1.82) is 0 Å². The van der Waals surface area contributed by atoms with Crippen LogP contribution in [0.25, 0.3) is 0 Å². The first kappa shape index (κ1) is 14.1. The number of rotatable bonds is 6. The van der Waals surface area contributed by atoms with Crippen LogP contribution in [0, 0.1) is 10.1 Å². The Balaban J connectivity index is 2.50. The number of nitrogens with zero attached hydrogens (tertiary/aromatic N) is 4. The van der Waals surface area contributed by atoms with Gasteiger partial charge in [-0.05, 0) is 18.3 Å². The lowest BCUT2D eigenvalue weighted by molar-refractivity contribution is -0.389. The third kappa shape index (κ3) is 4.13. The first-order valence-corrected chi connectivity index (χ1v) is 5.50. The lowest BCUT2D eigenvalue weighted by atomic mass is 10.3. The molecule has 0 aliphatic rings. The van der Waals surface area contributed by atoms with E-state index in [1.165, 1.54) is 21.8 Å². The minimum atomic E-state index is -0.613. The summed E-state index contributed by atoms with van der Waals surface area (Å²) in [6, 6.07) is 1.24. The van der Waals surface area contributed by atoms with Crippen molar-refractivity contribution in [1.82, 2.24) is 14.7 Å². The summed E-state index contributed by atoms with van der Waals surface area (Å²) in [6.07, 6.45) is 1.41. The molecule has 8 nitrogen and oxygen atoms in total. The highest BCUT2D eigenvalue weighted by molar-refractivity contribution is 5.75. The average Bonchev–Trinajstić information content (AvgIpc) is 2.74. The molecule has 100 valence electrons. The molecule has 1 aromatic heterocycles. The van der Waals surface area contributed by atoms with Crippen molar-refractivity contribution < 1.29 is 14.8 Å². The molecular formula is C10H16N4O4. The Bertz CT molecular complexity index is 429. The first-order chi connectivity index (χ1) is 8.40. The zero-order valence-corrected chi connectivity index (χ0v) is 10.3. The summed E-state index contributed by atoms with van der Waals surface area (Å²) < 4.78 is 1.22. The van der Waals surface area contributed by atoms with Crippen molar-refractivity contribution in [3.8, 4) is 0 Å². The average molecular weight is 256 g/mol. The number of carbonyl (C=O) groups is 1. The Morgan fingerprint density at radius 2 is 2.39 bits per heavy atom. The topological polar surface area (TPSA) is 102 Å². The SMILES string of the molecule is CC(O)CCN(C)C(=O)Cn1ccc([N+](=O)[O-])n1. The van der Waals surface area contributed by atoms with Crippen LogP contribution in [0.1, 0.15) is 13.3 Å². The second kappa shape index (κ2) is 6.10. The molecule has 0 aliphatic heterocycles. The Labute approximate surface area is 104 Å². The molecule has 1 unspecified atom stereocenters. The van der Waals surface area contributed by atoms with Gasteiger partial charge in [0.1, 0.15) is 6.54 Å². The van der Waals surface area contributed by atoms with E-state index in [0.717, 1.165) is 0 Å². The number of hydrogen-bond acceptors (Lipinski definition) is 5. The molecule has 1 atom stereocenters. The molecule has 0 saturated heterocycles. The fourth-order valence-electron chi connectivity index (χ4n) is 1.30. The van der Waals surface area contributed by atoms with Gasteiger partial charge in [0, 0.05) is 13.6 Å². The Hall–Kier alpha value is -1.96. The second-order valence-corrected chi connectivity index (χ2v) is 4.08. The smallest absolute Gasteiger partial charge is 0.389 e. The summed E-state index contributed by atoms with van der Waals surface area (Å²) in [4.78, 5) is 23.0. The molecule has 1 aromatic rings. The maximum atomic E-state index is 11.7. The van der Waals surface area contributed by atoms with E-state index in [1.807, 2.05) is 0 Å². The van der Waals surface area contributed by atoms with E-state index in [4.69, 9.17) is 5.11 Å². The molecule has 1 amide bonds. The summed E-state index contributed by atoms with van der Waals surface area (Å²) in [6.45, 7) is 2.03. The molecule has 1 heterocycles. The summed E-state index contributed by atoms with van der Waals surface area (Å²) in [5.74, 6) is -0.497. The van der Waals surface area contributed by atoms with Gasteiger partial charge in [0.05, 0.1) is 23.5 Å². The van der Waals surface area contributed by atoms with Crippen LogP contribution in [-0.4, -0.2) is 50.3 Å². The van der Waals surface area contributed by atoms with Crippen LogP contribution in [0.4, 0.5) is 5.82 Å². The van der Waals surface area contributed by atoms with Crippen LogP contribution in [0.3, 0.4) is 0 Å². The molecule has 1 rings (SSSR count). The summed E-state index contributed by atoms with van der Waals surface area (Å²) in [7, 11) is 1.61. The number of aliphatic hydroxyl groups is 1. The van der Waals surface area contributed by atoms with Gasteiger partial charge in [-0.2, -0.15) is 4.68 Å². The fourth-order valence-corrected chi connectivity index (χ4v) is 1.30. The number of aliphatic hydroxyl groups excluding tert-OH is 1. The van der Waals surface area contributed by atoms with Gasteiger partial charge in [-0.25, -0.2) is 0 Å². The molecule has 18 heavy (non-hydrogen) atoms. The monoisotopic (exact) mass is 256 g/mol. The molecule has 0 bridgehead atoms. The molecule has 0 aromatic carbocycles. The van der Waals surface area contributed by atoms with Crippen molar-refractivity contribution in [2.45, 2.75) is 26.0 Å². The molecule has 0 saturated carbocycles. The molecule has 8 heteroatoms. The van der Waals surface area contributed by atoms with E-state index in [1.54, 1.807) is 14.0 Å². The van der Waals surface area contributed by atoms with Crippen molar-refractivity contribution in [2.24, 2.45) is 0 Å². The van der Waals surface area contributed by atoms with Crippen LogP contribution in [0.5, 0.6) is 0 Å². The van der Waals surface area contributed by atoms with Crippen LogP contribution in [-0.2, 0) is 11.3 Å². The van der Waals surface area contributed by atoms with Crippen LogP contribution in [0.15, 0.2) is 12.3 Å². The number of aromatic nitrogens is 2. The first-order valence-electron chi connectivity index (χ1n) is 5.50. The third-order valence-electron chi connectivity index (χ3n) is 2.42. The van der Waals surface area contributed by atoms with Gasteiger partial charge in [-0.1, -0.05) is 0 Å². The zero-order chi connectivity index (χ0) is 13.7. The van der Waals surface area contributed by atoms with Crippen molar-refractivity contribution in [3.05, 3.63) is 22.4 Å². The molecule has 0 spiro atoms. The number of likely N-dealkylation sites (N-methyl/N-ethyl adjacent to an activating group) is 1. The predicted molar refractivity (Wildman–Crippen MR) is 62.8 cm³/mol. The number of nitro groups is 1. The lowest BCUT2D eigenvalue weighted by Gasteiger charge is -2.17. The quantitative estimate of drug-likeness (QED) is 0.571. The summed E-state index contributed by atoms with van der Waals surface area (Å²) >= 11 is 0. The van der Waals surface area contributed by atoms with Crippen molar-refractivity contribution in [3.63, 3.8) is 0 Å². The maximum absolute atomic E-state index is 11.7. The highest BCUT2D eigenvalue weighted by Gasteiger charge is 2.15. The Kier molecular flexibility index (Phi) is 4.78. The normalized spacial score (nSPS) is 12.2. The third-order valence-corrected chi connectivity index (χ3v) is 2.42. The molecule has 1 N–H and O–H groups in total. The van der Waals surface area contributed by atoms with E-state index >= 15 is 0 Å². The number of amides is 1. The zero-order valence-electron chi connectivity index (χ0n) is 10.3. The summed E-state index contributed by atoms with van der Waals surface area (Å²) in [5.41, 5.74) is 0. The van der Waals surface area contributed by atoms with Gasteiger partial charge in [0.2, 0.25) is 5.91 Å². The van der Waals surface area contributed by atoms with Gasteiger partial charge in [0.15, 0.2) is 0 Å². The molecule has 0 fully saturated rings. The predicted octanol–water partition coefficient (Wildman–Crippen LogP) is 0.0206. The summed E-state index contributed by atoms with van der Waals surface area (Å²) in [5, 5.41) is 23.2. The highest BCUT2D eigenvalue weighted by Crippen LogP contribution is 2.05. The van der Waals surface area contributed by atoms with Gasteiger partial charge in [0.25, 0.3) is 0 Å². The standard InChI is InChI=1S/C10H16N4O4/c1-8(15)3-5-12(2)10(16)7-13-6-4-9(11-13)14(17)18/h4,6,8,15H,3,5,7H2,1-2H3. The fraction of sp³-hybridized carbons (Fsp3) is 0.600. The number of carbonyl (C=O) groups excluding carboxylic acids is 1. The van der Waals surface area contributed by atoms with Gasteiger partial charge >= 0.3 is 5.82 Å². The molecule has 0 radical (unpaired) electrons. The Morgan fingerprint density at radius 3 is 2.89 bits per heavy atom. The Morgan fingerprint density at radius 1 is 1.72 bits per heavy atom.